The van der Waals surface area contributed by atoms with Crippen molar-refractivity contribution in [3.8, 4) is 6.07 Å². The molecule has 0 saturated heterocycles. The Morgan fingerprint density at radius 1 is 1.53 bits per heavy atom. The summed E-state index contributed by atoms with van der Waals surface area (Å²) in [5.74, 6) is 0. The van der Waals surface area contributed by atoms with Gasteiger partial charge in [0.2, 0.25) is 0 Å². The van der Waals surface area contributed by atoms with Gasteiger partial charge < -0.3 is 10.6 Å². The van der Waals surface area contributed by atoms with Crippen molar-refractivity contribution in [2.75, 3.05) is 25.0 Å². The number of benzene rings is 1. The van der Waals surface area contributed by atoms with Crippen LogP contribution in [0.3, 0.4) is 0 Å². The number of halogens is 1. The number of hydrogen-bond donors (Lipinski definition) is 1. The van der Waals surface area contributed by atoms with E-state index in [2.05, 4.69) is 26.9 Å². The molecule has 4 heteroatoms. The third-order valence-corrected chi connectivity index (χ3v) is 2.68. The van der Waals surface area contributed by atoms with E-state index in [4.69, 9.17) is 11.0 Å². The predicted octanol–water partition coefficient (Wildman–Crippen LogP) is 2.11. The second-order valence-electron chi connectivity index (χ2n) is 3.34. The fourth-order valence-electron chi connectivity index (χ4n) is 1.36. The molecular formula is C11H14BrN3. The lowest BCUT2D eigenvalue weighted by molar-refractivity contribution is 0.795. The van der Waals surface area contributed by atoms with Crippen LogP contribution in [0.4, 0.5) is 5.69 Å². The van der Waals surface area contributed by atoms with Crippen LogP contribution < -0.4 is 10.6 Å². The molecule has 0 unspecified atom stereocenters. The van der Waals surface area contributed by atoms with Crippen LogP contribution in [-0.4, -0.2) is 20.1 Å². The Kier molecular flexibility index (Phi) is 4.60. The van der Waals surface area contributed by atoms with Gasteiger partial charge in [-0.2, -0.15) is 5.26 Å². The summed E-state index contributed by atoms with van der Waals surface area (Å²) in [7, 11) is 1.97. The van der Waals surface area contributed by atoms with E-state index in [9.17, 15) is 0 Å². The van der Waals surface area contributed by atoms with Gasteiger partial charge in [0.1, 0.15) is 6.07 Å². The van der Waals surface area contributed by atoms with Crippen LogP contribution in [-0.2, 0) is 0 Å². The zero-order valence-corrected chi connectivity index (χ0v) is 10.3. The smallest absolute Gasteiger partial charge is 0.101 e. The lowest BCUT2D eigenvalue weighted by atomic mass is 10.2. The Labute approximate surface area is 98.6 Å². The SMILES string of the molecule is CN(CCCN)c1cc(Br)ccc1C#N. The highest BCUT2D eigenvalue weighted by molar-refractivity contribution is 9.10. The van der Waals surface area contributed by atoms with E-state index in [0.29, 0.717) is 12.1 Å². The van der Waals surface area contributed by atoms with Crippen molar-refractivity contribution < 1.29 is 0 Å². The Morgan fingerprint density at radius 2 is 2.27 bits per heavy atom. The highest BCUT2D eigenvalue weighted by atomic mass is 79.9. The van der Waals surface area contributed by atoms with Gasteiger partial charge in [-0.3, -0.25) is 0 Å². The lowest BCUT2D eigenvalue weighted by Gasteiger charge is -2.20. The van der Waals surface area contributed by atoms with Crippen molar-refractivity contribution in [1.29, 1.82) is 5.26 Å². The molecule has 0 heterocycles. The molecule has 3 nitrogen and oxygen atoms in total. The van der Waals surface area contributed by atoms with Crippen molar-refractivity contribution in [2.45, 2.75) is 6.42 Å². The standard InChI is InChI=1S/C11H14BrN3/c1-15(6-2-5-13)11-7-10(12)4-3-9(11)8-14/h3-4,7H,2,5-6,13H2,1H3. The molecule has 0 radical (unpaired) electrons. The third-order valence-electron chi connectivity index (χ3n) is 2.19. The van der Waals surface area contributed by atoms with Crippen LogP contribution in [0.5, 0.6) is 0 Å². The highest BCUT2D eigenvalue weighted by Gasteiger charge is 2.07. The Balaban J connectivity index is 2.91. The molecule has 1 rings (SSSR count). The van der Waals surface area contributed by atoms with Crippen molar-refractivity contribution >= 4 is 21.6 Å². The fraction of sp³-hybridized carbons (Fsp3) is 0.364. The largest absolute Gasteiger partial charge is 0.373 e. The topological polar surface area (TPSA) is 53.0 Å². The molecule has 0 aromatic heterocycles. The molecule has 80 valence electrons. The molecule has 0 spiro atoms. The van der Waals surface area contributed by atoms with Crippen LogP contribution in [0.25, 0.3) is 0 Å². The average Bonchev–Trinajstić information content (AvgIpc) is 2.25. The summed E-state index contributed by atoms with van der Waals surface area (Å²) in [6.07, 6.45) is 0.924. The van der Waals surface area contributed by atoms with Crippen LogP contribution >= 0.6 is 15.9 Å². The first-order valence-electron chi connectivity index (χ1n) is 4.80. The number of hydrogen-bond acceptors (Lipinski definition) is 3. The van der Waals surface area contributed by atoms with Gasteiger partial charge >= 0.3 is 0 Å². The number of nitrogens with two attached hydrogens (primary N) is 1. The van der Waals surface area contributed by atoms with Crippen molar-refractivity contribution in [3.63, 3.8) is 0 Å². The minimum atomic E-state index is 0.667. The van der Waals surface area contributed by atoms with Crippen molar-refractivity contribution in [3.05, 3.63) is 28.2 Å². The predicted molar refractivity (Wildman–Crippen MR) is 65.8 cm³/mol. The summed E-state index contributed by atoms with van der Waals surface area (Å²) in [5, 5.41) is 8.97. The molecule has 0 aliphatic rings. The summed E-state index contributed by atoms with van der Waals surface area (Å²) in [4.78, 5) is 2.05. The number of nitriles is 1. The van der Waals surface area contributed by atoms with E-state index in [1.807, 2.05) is 25.2 Å². The van der Waals surface area contributed by atoms with Crippen molar-refractivity contribution in [1.82, 2.24) is 0 Å². The Bertz CT molecular complexity index is 371. The van der Waals surface area contributed by atoms with E-state index < -0.39 is 0 Å². The Hall–Kier alpha value is -1.05. The van der Waals surface area contributed by atoms with E-state index >= 15 is 0 Å². The molecular weight excluding hydrogens is 254 g/mol. The average molecular weight is 268 g/mol. The molecule has 0 saturated carbocycles. The zero-order valence-electron chi connectivity index (χ0n) is 8.70. The first-order chi connectivity index (χ1) is 7.19. The van der Waals surface area contributed by atoms with Crippen LogP contribution in [0.15, 0.2) is 22.7 Å². The highest BCUT2D eigenvalue weighted by Crippen LogP contribution is 2.23. The second-order valence-corrected chi connectivity index (χ2v) is 4.25. The maximum absolute atomic E-state index is 8.97. The monoisotopic (exact) mass is 267 g/mol. The van der Waals surface area contributed by atoms with Gasteiger partial charge in [-0.25, -0.2) is 0 Å². The molecule has 0 fully saturated rings. The molecule has 0 amide bonds. The molecule has 0 atom stereocenters. The summed E-state index contributed by atoms with van der Waals surface area (Å²) in [5.41, 5.74) is 7.09. The normalized spacial score (nSPS) is 9.73. The summed E-state index contributed by atoms with van der Waals surface area (Å²) >= 11 is 3.40. The first-order valence-corrected chi connectivity index (χ1v) is 5.59. The first kappa shape index (κ1) is 12.0. The van der Waals surface area contributed by atoms with E-state index in [0.717, 1.165) is 23.1 Å². The molecule has 2 N–H and O–H groups in total. The van der Waals surface area contributed by atoms with Gasteiger partial charge in [-0.1, -0.05) is 15.9 Å². The molecule has 1 aromatic carbocycles. The molecule has 0 bridgehead atoms. The molecule has 0 aliphatic carbocycles. The maximum Gasteiger partial charge on any atom is 0.101 e. The number of nitrogens with zero attached hydrogens (tertiary/aromatic N) is 2. The maximum atomic E-state index is 8.97. The zero-order chi connectivity index (χ0) is 11.3. The Morgan fingerprint density at radius 3 is 2.87 bits per heavy atom. The van der Waals surface area contributed by atoms with Crippen LogP contribution in [0.1, 0.15) is 12.0 Å². The second kappa shape index (κ2) is 5.74. The number of anilines is 1. The summed E-state index contributed by atoms with van der Waals surface area (Å²) < 4.78 is 0.982. The summed E-state index contributed by atoms with van der Waals surface area (Å²) in [6, 6.07) is 7.83. The van der Waals surface area contributed by atoms with Gasteiger partial charge in [-0.15, -0.1) is 0 Å². The molecule has 15 heavy (non-hydrogen) atoms. The van der Waals surface area contributed by atoms with E-state index in [1.54, 1.807) is 0 Å². The van der Waals surface area contributed by atoms with Gasteiger partial charge in [0, 0.05) is 18.1 Å². The number of rotatable bonds is 4. The van der Waals surface area contributed by atoms with Crippen LogP contribution in [0.2, 0.25) is 0 Å². The van der Waals surface area contributed by atoms with Crippen molar-refractivity contribution in [2.24, 2.45) is 5.73 Å². The quantitative estimate of drug-likeness (QED) is 0.909. The van der Waals surface area contributed by atoms with E-state index in [-0.39, 0.29) is 0 Å². The van der Waals surface area contributed by atoms with E-state index in [1.165, 1.54) is 0 Å². The van der Waals surface area contributed by atoms with Gasteiger partial charge in [0.25, 0.3) is 0 Å². The van der Waals surface area contributed by atoms with Gasteiger partial charge in [0.05, 0.1) is 11.3 Å². The minimum absolute atomic E-state index is 0.667. The van der Waals surface area contributed by atoms with Crippen LogP contribution in [0, 0.1) is 11.3 Å². The minimum Gasteiger partial charge on any atom is -0.373 e. The molecule has 1 aromatic rings. The lowest BCUT2D eigenvalue weighted by Crippen LogP contribution is -2.21. The fourth-order valence-corrected chi connectivity index (χ4v) is 1.71. The molecule has 0 aliphatic heterocycles. The summed E-state index contributed by atoms with van der Waals surface area (Å²) in [6.45, 7) is 1.53. The van der Waals surface area contributed by atoms with Gasteiger partial charge in [0.15, 0.2) is 0 Å². The third kappa shape index (κ3) is 3.22. The van der Waals surface area contributed by atoms with Gasteiger partial charge in [-0.05, 0) is 31.2 Å².